The van der Waals surface area contributed by atoms with E-state index in [1.807, 2.05) is 6.07 Å². The number of alkyl halides is 3. The zero-order valence-electron chi connectivity index (χ0n) is 16.9. The number of hydrogen-bond acceptors (Lipinski definition) is 4. The molecule has 3 N–H and O–H groups in total. The second kappa shape index (κ2) is 8.96. The van der Waals surface area contributed by atoms with Crippen LogP contribution >= 0.6 is 0 Å². The molecule has 1 aromatic heterocycles. The van der Waals surface area contributed by atoms with E-state index < -0.39 is 28.9 Å². The van der Waals surface area contributed by atoms with Gasteiger partial charge < -0.3 is 10.6 Å². The Labute approximate surface area is 180 Å². The average molecular weight is 444 g/mol. The van der Waals surface area contributed by atoms with Crippen molar-refractivity contribution in [3.05, 3.63) is 98.2 Å². The van der Waals surface area contributed by atoms with E-state index in [0.29, 0.717) is 5.56 Å². The van der Waals surface area contributed by atoms with Gasteiger partial charge in [0.25, 0.3) is 11.5 Å². The van der Waals surface area contributed by atoms with E-state index in [0.717, 1.165) is 33.2 Å². The minimum absolute atomic E-state index is 0.0821. The minimum Gasteiger partial charge on any atom is -0.383 e. The van der Waals surface area contributed by atoms with Gasteiger partial charge in [-0.3, -0.25) is 19.1 Å². The molecule has 1 heterocycles. The van der Waals surface area contributed by atoms with Crippen molar-refractivity contribution in [1.29, 1.82) is 0 Å². The van der Waals surface area contributed by atoms with Gasteiger partial charge in [-0.2, -0.15) is 13.2 Å². The van der Waals surface area contributed by atoms with Crippen molar-refractivity contribution in [2.45, 2.75) is 12.7 Å². The summed E-state index contributed by atoms with van der Waals surface area (Å²) in [6.45, 7) is 0.0821. The summed E-state index contributed by atoms with van der Waals surface area (Å²) >= 11 is 0. The molecule has 0 radical (unpaired) electrons. The molecule has 0 aliphatic carbocycles. The maximum atomic E-state index is 12.7. The molecule has 2 aromatic carbocycles. The van der Waals surface area contributed by atoms with E-state index in [9.17, 15) is 27.6 Å². The number of anilines is 2. The van der Waals surface area contributed by atoms with Crippen LogP contribution in [0.15, 0.2) is 70.3 Å². The fraction of sp³-hybridized carbons (Fsp3) is 0.136. The van der Waals surface area contributed by atoms with Crippen molar-refractivity contribution in [3.63, 3.8) is 0 Å². The number of amides is 1. The summed E-state index contributed by atoms with van der Waals surface area (Å²) in [6.07, 6.45) is -2.06. The summed E-state index contributed by atoms with van der Waals surface area (Å²) in [5, 5.41) is 0. The standard InChI is InChI=1S/C22H19F3N4O3/c1-28(17(30)12-9-14-7-10-16(11-8-14)22(23,24)25)18-19(26)29(21(32)27-20(18)31)13-15-5-3-2-4-6-15/h2-12H,13,26H2,1H3,(H,27,31,32)/b12-9+. The predicted molar refractivity (Wildman–Crippen MR) is 115 cm³/mol. The van der Waals surface area contributed by atoms with E-state index in [1.165, 1.54) is 25.3 Å². The van der Waals surface area contributed by atoms with Crippen LogP contribution in [0, 0.1) is 0 Å². The summed E-state index contributed by atoms with van der Waals surface area (Å²) in [6, 6.07) is 13.2. The highest BCUT2D eigenvalue weighted by molar-refractivity contribution is 6.04. The van der Waals surface area contributed by atoms with Crippen molar-refractivity contribution < 1.29 is 18.0 Å². The Morgan fingerprint density at radius 3 is 2.31 bits per heavy atom. The van der Waals surface area contributed by atoms with Crippen molar-refractivity contribution in [1.82, 2.24) is 9.55 Å². The molecule has 1 amide bonds. The number of H-pyrrole nitrogens is 1. The van der Waals surface area contributed by atoms with Crippen LogP contribution in [-0.4, -0.2) is 22.5 Å². The number of nitrogens with zero attached hydrogens (tertiary/aromatic N) is 2. The van der Waals surface area contributed by atoms with Gasteiger partial charge in [0.05, 0.1) is 12.1 Å². The predicted octanol–water partition coefficient (Wildman–Crippen LogP) is 2.86. The fourth-order valence-electron chi connectivity index (χ4n) is 3.00. The summed E-state index contributed by atoms with van der Waals surface area (Å²) in [5.74, 6) is -0.853. The minimum atomic E-state index is -4.46. The monoisotopic (exact) mass is 444 g/mol. The highest BCUT2D eigenvalue weighted by Crippen LogP contribution is 2.29. The lowest BCUT2D eigenvalue weighted by atomic mass is 10.1. The average Bonchev–Trinajstić information content (AvgIpc) is 2.75. The van der Waals surface area contributed by atoms with E-state index >= 15 is 0 Å². The molecular formula is C22H19F3N4O3. The zero-order valence-corrected chi connectivity index (χ0v) is 16.9. The van der Waals surface area contributed by atoms with E-state index in [4.69, 9.17) is 5.73 Å². The van der Waals surface area contributed by atoms with Crippen molar-refractivity contribution in [3.8, 4) is 0 Å². The van der Waals surface area contributed by atoms with Gasteiger partial charge in [0.1, 0.15) is 5.82 Å². The number of aromatic nitrogens is 2. The molecule has 166 valence electrons. The third-order valence-electron chi connectivity index (χ3n) is 4.72. The Morgan fingerprint density at radius 1 is 1.09 bits per heavy atom. The third kappa shape index (κ3) is 4.97. The third-order valence-corrected chi connectivity index (χ3v) is 4.72. The highest BCUT2D eigenvalue weighted by Gasteiger charge is 2.29. The number of benzene rings is 2. The van der Waals surface area contributed by atoms with Crippen LogP contribution in [0.4, 0.5) is 24.7 Å². The molecule has 32 heavy (non-hydrogen) atoms. The van der Waals surface area contributed by atoms with Crippen LogP contribution in [0.5, 0.6) is 0 Å². The maximum absolute atomic E-state index is 12.7. The van der Waals surface area contributed by atoms with Gasteiger partial charge in [0.15, 0.2) is 5.69 Å². The molecule has 0 bridgehead atoms. The fourth-order valence-corrected chi connectivity index (χ4v) is 3.00. The molecule has 0 spiro atoms. The van der Waals surface area contributed by atoms with Gasteiger partial charge in [-0.25, -0.2) is 4.79 Å². The number of nitrogens with one attached hydrogen (secondary N) is 1. The van der Waals surface area contributed by atoms with Crippen LogP contribution in [0.25, 0.3) is 6.08 Å². The normalized spacial score (nSPS) is 11.6. The first kappa shape index (κ1) is 22.6. The molecule has 10 heteroatoms. The highest BCUT2D eigenvalue weighted by atomic mass is 19.4. The van der Waals surface area contributed by atoms with Crippen molar-refractivity contribution in [2.75, 3.05) is 17.7 Å². The summed E-state index contributed by atoms with van der Waals surface area (Å²) < 4.78 is 39.1. The Morgan fingerprint density at radius 2 is 1.72 bits per heavy atom. The number of carbonyl (C=O) groups excluding carboxylic acids is 1. The van der Waals surface area contributed by atoms with Gasteiger partial charge in [-0.05, 0) is 29.3 Å². The SMILES string of the molecule is CN(C(=O)/C=C/c1ccc(C(F)(F)F)cc1)c1c(N)n(Cc2ccccc2)c(=O)[nH]c1=O. The van der Waals surface area contributed by atoms with Gasteiger partial charge >= 0.3 is 11.9 Å². The molecule has 3 rings (SSSR count). The smallest absolute Gasteiger partial charge is 0.383 e. The molecule has 0 saturated heterocycles. The summed E-state index contributed by atoms with van der Waals surface area (Å²) in [7, 11) is 1.30. The number of halogens is 3. The molecule has 0 saturated carbocycles. The molecule has 0 aliphatic rings. The molecule has 0 fully saturated rings. The van der Waals surface area contributed by atoms with Crippen molar-refractivity contribution >= 4 is 23.5 Å². The Kier molecular flexibility index (Phi) is 6.33. The number of aromatic amines is 1. The topological polar surface area (TPSA) is 101 Å². The van der Waals surface area contributed by atoms with Gasteiger partial charge in [-0.15, -0.1) is 0 Å². The van der Waals surface area contributed by atoms with E-state index in [1.54, 1.807) is 24.3 Å². The number of carbonyl (C=O) groups is 1. The Hall–Kier alpha value is -4.08. The van der Waals surface area contributed by atoms with Gasteiger partial charge in [-0.1, -0.05) is 42.5 Å². The molecule has 0 atom stereocenters. The van der Waals surface area contributed by atoms with E-state index in [2.05, 4.69) is 4.98 Å². The number of likely N-dealkylation sites (N-methyl/N-ethyl adjacent to an activating group) is 1. The first-order valence-corrected chi connectivity index (χ1v) is 9.37. The van der Waals surface area contributed by atoms with Crippen LogP contribution < -0.4 is 21.9 Å². The lowest BCUT2D eigenvalue weighted by Crippen LogP contribution is -2.39. The van der Waals surface area contributed by atoms with E-state index in [-0.39, 0.29) is 18.1 Å². The molecular weight excluding hydrogens is 425 g/mol. The largest absolute Gasteiger partial charge is 0.416 e. The number of hydrogen-bond donors (Lipinski definition) is 2. The molecule has 3 aromatic rings. The summed E-state index contributed by atoms with van der Waals surface area (Å²) in [5.41, 5.74) is 4.59. The Bertz CT molecular complexity index is 1260. The number of rotatable bonds is 5. The van der Waals surface area contributed by atoms with Gasteiger partial charge in [0.2, 0.25) is 0 Å². The maximum Gasteiger partial charge on any atom is 0.416 e. The molecule has 0 aliphatic heterocycles. The second-order valence-corrected chi connectivity index (χ2v) is 6.92. The summed E-state index contributed by atoms with van der Waals surface area (Å²) in [4.78, 5) is 40.3. The molecule has 0 unspecified atom stereocenters. The first-order valence-electron chi connectivity index (χ1n) is 9.37. The lowest BCUT2D eigenvalue weighted by molar-refractivity contribution is -0.137. The van der Waals surface area contributed by atoms with Crippen molar-refractivity contribution in [2.24, 2.45) is 0 Å². The number of nitrogen functional groups attached to an aromatic ring is 1. The first-order chi connectivity index (χ1) is 15.1. The lowest BCUT2D eigenvalue weighted by Gasteiger charge is -2.19. The van der Waals surface area contributed by atoms with Crippen LogP contribution in [0.1, 0.15) is 16.7 Å². The van der Waals surface area contributed by atoms with Crippen LogP contribution in [0.3, 0.4) is 0 Å². The quantitative estimate of drug-likeness (QED) is 0.591. The molecule has 7 nitrogen and oxygen atoms in total. The van der Waals surface area contributed by atoms with Crippen LogP contribution in [-0.2, 0) is 17.5 Å². The van der Waals surface area contributed by atoms with Crippen LogP contribution in [0.2, 0.25) is 0 Å². The van der Waals surface area contributed by atoms with Gasteiger partial charge in [0, 0.05) is 13.1 Å². The second-order valence-electron chi connectivity index (χ2n) is 6.92. The number of nitrogens with two attached hydrogens (primary N) is 1. The zero-order chi connectivity index (χ0) is 23.5. The Balaban J connectivity index is 1.86.